The zero-order valence-corrected chi connectivity index (χ0v) is 16.2. The number of ether oxygens (including phenoxy) is 1. The van der Waals surface area contributed by atoms with Crippen molar-refractivity contribution in [2.45, 2.75) is 45.8 Å². The molecule has 0 unspecified atom stereocenters. The van der Waals surface area contributed by atoms with E-state index in [0.29, 0.717) is 6.04 Å². The summed E-state index contributed by atoms with van der Waals surface area (Å²) in [5.74, 6) is -1.64. The second kappa shape index (κ2) is 8.29. The van der Waals surface area contributed by atoms with Crippen molar-refractivity contribution in [2.24, 2.45) is 0 Å². The van der Waals surface area contributed by atoms with Crippen LogP contribution in [0.15, 0.2) is 36.4 Å². The van der Waals surface area contributed by atoms with Crippen LogP contribution >= 0.6 is 0 Å². The fourth-order valence-electron chi connectivity index (χ4n) is 3.08. The molecule has 0 spiro atoms. The highest BCUT2D eigenvalue weighted by Crippen LogP contribution is 2.38. The Morgan fingerprint density at radius 1 is 1.25 bits per heavy atom. The minimum absolute atomic E-state index is 0.0256. The zero-order valence-electron chi connectivity index (χ0n) is 16.2. The Bertz CT molecular complexity index is 916. The quantitative estimate of drug-likeness (QED) is 0.592. The van der Waals surface area contributed by atoms with Crippen molar-refractivity contribution in [3.8, 4) is 5.75 Å². The summed E-state index contributed by atoms with van der Waals surface area (Å²) in [6, 6.07) is 8.43. The number of carbonyl (C=O) groups excluding carboxylic acids is 2. The average molecular weight is 385 g/mol. The van der Waals surface area contributed by atoms with Gasteiger partial charge in [0, 0.05) is 23.5 Å². The largest absolute Gasteiger partial charge is 0.478 e. The van der Waals surface area contributed by atoms with E-state index in [9.17, 15) is 14.0 Å². The highest BCUT2D eigenvalue weighted by atomic mass is 19.1. The summed E-state index contributed by atoms with van der Waals surface area (Å²) in [5.41, 5.74) is 7.85. The molecule has 2 amide bonds. The van der Waals surface area contributed by atoms with Gasteiger partial charge in [-0.25, -0.2) is 4.39 Å². The molecule has 0 bridgehead atoms. The number of aryl methyl sites for hydroxylation is 1. The predicted molar refractivity (Wildman–Crippen MR) is 104 cm³/mol. The lowest BCUT2D eigenvalue weighted by molar-refractivity contribution is -0.131. The van der Waals surface area contributed by atoms with Gasteiger partial charge in [0.2, 0.25) is 0 Å². The van der Waals surface area contributed by atoms with Gasteiger partial charge in [0.25, 0.3) is 11.8 Å². The van der Waals surface area contributed by atoms with Gasteiger partial charge < -0.3 is 9.30 Å². The van der Waals surface area contributed by atoms with E-state index in [1.165, 1.54) is 49.7 Å². The number of hydrazine groups is 1. The summed E-state index contributed by atoms with van der Waals surface area (Å²) in [6.07, 6.45) is 4.50. The van der Waals surface area contributed by atoms with E-state index in [4.69, 9.17) is 4.74 Å². The van der Waals surface area contributed by atoms with Gasteiger partial charge >= 0.3 is 0 Å². The van der Waals surface area contributed by atoms with Crippen molar-refractivity contribution < 1.29 is 18.7 Å². The molecule has 0 radical (unpaired) electrons. The van der Waals surface area contributed by atoms with E-state index in [1.54, 1.807) is 12.1 Å². The van der Waals surface area contributed by atoms with Crippen molar-refractivity contribution in [3.63, 3.8) is 0 Å². The van der Waals surface area contributed by atoms with Crippen LogP contribution in [0.4, 0.5) is 4.39 Å². The lowest BCUT2D eigenvalue weighted by Gasteiger charge is -2.15. The van der Waals surface area contributed by atoms with Gasteiger partial charge in [-0.05, 0) is 63.5 Å². The lowest BCUT2D eigenvalue weighted by atomic mass is 10.2. The zero-order chi connectivity index (χ0) is 20.3. The molecular formula is C21H24FN3O3. The number of rotatable bonds is 6. The second-order valence-corrected chi connectivity index (χ2v) is 6.93. The molecule has 0 saturated heterocycles. The van der Waals surface area contributed by atoms with Crippen molar-refractivity contribution in [1.82, 2.24) is 15.4 Å². The highest BCUT2D eigenvalue weighted by Gasteiger charge is 2.26. The van der Waals surface area contributed by atoms with Crippen molar-refractivity contribution >= 4 is 17.9 Å². The first-order valence-corrected chi connectivity index (χ1v) is 9.24. The molecule has 1 heterocycles. The minimum Gasteiger partial charge on any atom is -0.478 e. The fourth-order valence-corrected chi connectivity index (χ4v) is 3.08. The third kappa shape index (κ3) is 4.60. The van der Waals surface area contributed by atoms with E-state index in [-0.39, 0.29) is 5.75 Å². The number of amides is 2. The Labute approximate surface area is 163 Å². The summed E-state index contributed by atoms with van der Waals surface area (Å²) in [4.78, 5) is 24.0. The van der Waals surface area contributed by atoms with Crippen LogP contribution in [0.5, 0.6) is 5.75 Å². The molecule has 28 heavy (non-hydrogen) atoms. The normalized spacial score (nSPS) is 14.7. The summed E-state index contributed by atoms with van der Waals surface area (Å²) >= 11 is 0. The van der Waals surface area contributed by atoms with Gasteiger partial charge in [0.15, 0.2) is 17.7 Å². The molecule has 148 valence electrons. The van der Waals surface area contributed by atoms with Gasteiger partial charge in [0.05, 0.1) is 0 Å². The number of nitrogens with one attached hydrogen (secondary N) is 2. The standard InChI is InChI=1S/C21H24FN3O3/c1-13-12-16(14(2)25(13)17-9-10-17)8-11-20(26)23-24-21(27)15(3)28-19-7-5-4-6-18(19)22/h4-8,11-12,15,17H,9-10H2,1-3H3,(H,23,26)(H,24,27)/b11-8+/t15-/m1/s1. The van der Waals surface area contributed by atoms with Crippen LogP contribution in [0.3, 0.4) is 0 Å². The summed E-state index contributed by atoms with van der Waals surface area (Å²) in [5, 5.41) is 0. The maximum Gasteiger partial charge on any atom is 0.279 e. The number of nitrogens with zero attached hydrogens (tertiary/aromatic N) is 1. The Balaban J connectivity index is 1.51. The van der Waals surface area contributed by atoms with Crippen molar-refractivity contribution in [3.05, 3.63) is 59.2 Å². The van der Waals surface area contributed by atoms with E-state index in [2.05, 4.69) is 22.3 Å². The van der Waals surface area contributed by atoms with E-state index < -0.39 is 23.7 Å². The molecule has 1 atom stereocenters. The monoisotopic (exact) mass is 385 g/mol. The molecule has 3 rings (SSSR count). The van der Waals surface area contributed by atoms with E-state index >= 15 is 0 Å². The second-order valence-electron chi connectivity index (χ2n) is 6.93. The summed E-state index contributed by atoms with van der Waals surface area (Å²) < 4.78 is 21.1. The first-order valence-electron chi connectivity index (χ1n) is 9.24. The first-order chi connectivity index (χ1) is 13.4. The van der Waals surface area contributed by atoms with Crippen LogP contribution in [0.1, 0.15) is 42.8 Å². The summed E-state index contributed by atoms with van der Waals surface area (Å²) in [7, 11) is 0. The van der Waals surface area contributed by atoms with Gasteiger partial charge in [-0.3, -0.25) is 20.4 Å². The molecule has 0 aliphatic heterocycles. The molecule has 1 aromatic carbocycles. The Kier molecular flexibility index (Phi) is 5.82. The van der Waals surface area contributed by atoms with Crippen molar-refractivity contribution in [1.29, 1.82) is 0 Å². The maximum absolute atomic E-state index is 13.6. The molecule has 1 aromatic heterocycles. The smallest absolute Gasteiger partial charge is 0.279 e. The fraction of sp³-hybridized carbons (Fsp3) is 0.333. The first kappa shape index (κ1) is 19.7. The molecule has 7 heteroatoms. The Morgan fingerprint density at radius 3 is 2.64 bits per heavy atom. The number of hydrogen-bond donors (Lipinski definition) is 2. The number of aromatic nitrogens is 1. The minimum atomic E-state index is -0.973. The van der Waals surface area contributed by atoms with Crippen LogP contribution in [-0.4, -0.2) is 22.5 Å². The molecule has 2 aromatic rings. The van der Waals surface area contributed by atoms with Gasteiger partial charge in [-0.1, -0.05) is 12.1 Å². The SMILES string of the molecule is Cc1cc(/C=C/C(=O)NNC(=O)[C@@H](C)Oc2ccccc2F)c(C)n1C1CC1. The number of halogens is 1. The van der Waals surface area contributed by atoms with Gasteiger partial charge in [0.1, 0.15) is 0 Å². The van der Waals surface area contributed by atoms with E-state index in [1.807, 2.05) is 13.0 Å². The summed E-state index contributed by atoms with van der Waals surface area (Å²) in [6.45, 7) is 5.56. The number of benzene rings is 1. The molecule has 2 N–H and O–H groups in total. The number of carbonyl (C=O) groups is 2. The van der Waals surface area contributed by atoms with E-state index in [0.717, 1.165) is 11.3 Å². The number of hydrogen-bond acceptors (Lipinski definition) is 3. The Hall–Kier alpha value is -3.09. The molecule has 1 aliphatic rings. The molecule has 6 nitrogen and oxygen atoms in total. The third-order valence-electron chi connectivity index (χ3n) is 4.67. The Morgan fingerprint density at radius 2 is 1.96 bits per heavy atom. The van der Waals surface area contributed by atoms with Crippen LogP contribution in [0.2, 0.25) is 0 Å². The third-order valence-corrected chi connectivity index (χ3v) is 4.67. The topological polar surface area (TPSA) is 72.4 Å². The maximum atomic E-state index is 13.6. The average Bonchev–Trinajstić information content (AvgIpc) is 3.45. The van der Waals surface area contributed by atoms with Crippen LogP contribution < -0.4 is 15.6 Å². The van der Waals surface area contributed by atoms with Crippen LogP contribution in [-0.2, 0) is 9.59 Å². The highest BCUT2D eigenvalue weighted by molar-refractivity contribution is 5.93. The van der Waals surface area contributed by atoms with Gasteiger partial charge in [-0.15, -0.1) is 0 Å². The van der Waals surface area contributed by atoms with Gasteiger partial charge in [-0.2, -0.15) is 0 Å². The molecule has 1 fully saturated rings. The van der Waals surface area contributed by atoms with Crippen LogP contribution in [0, 0.1) is 19.7 Å². The molecule has 1 saturated carbocycles. The van der Waals surface area contributed by atoms with Crippen molar-refractivity contribution in [2.75, 3.05) is 0 Å². The number of para-hydroxylation sites is 1. The molecular weight excluding hydrogens is 361 g/mol. The predicted octanol–water partition coefficient (Wildman–Crippen LogP) is 3.21. The molecule has 1 aliphatic carbocycles. The lowest BCUT2D eigenvalue weighted by Crippen LogP contribution is -2.46. The van der Waals surface area contributed by atoms with Crippen LogP contribution in [0.25, 0.3) is 6.08 Å².